The molecule has 1 aliphatic carbocycles. The Morgan fingerprint density at radius 2 is 1.88 bits per heavy atom. The van der Waals surface area contributed by atoms with E-state index < -0.39 is 0 Å². The summed E-state index contributed by atoms with van der Waals surface area (Å²) < 4.78 is 0. The molecule has 1 aromatic heterocycles. The lowest BCUT2D eigenvalue weighted by Gasteiger charge is -2.05. The Kier molecular flexibility index (Phi) is 2.44. The number of nitrogens with one attached hydrogen (secondary N) is 1. The predicted octanol–water partition coefficient (Wildman–Crippen LogP) is 2.63. The van der Waals surface area contributed by atoms with Crippen molar-refractivity contribution in [1.29, 1.82) is 0 Å². The van der Waals surface area contributed by atoms with E-state index in [0.29, 0.717) is 17.8 Å². The molecule has 2 atom stereocenters. The Balaban J connectivity index is 1.66. The highest BCUT2D eigenvalue weighted by atomic mass is 15.1. The number of pyridine rings is 1. The highest BCUT2D eigenvalue weighted by Gasteiger charge is 2.38. The van der Waals surface area contributed by atoms with Gasteiger partial charge in [0.25, 0.3) is 0 Å². The van der Waals surface area contributed by atoms with Crippen molar-refractivity contribution in [3.05, 3.63) is 54.1 Å². The smallest absolute Gasteiger partial charge is 0.128 e. The van der Waals surface area contributed by atoms with Crippen molar-refractivity contribution in [1.82, 2.24) is 4.98 Å². The number of anilines is 2. The third-order valence-electron chi connectivity index (χ3n) is 3.12. The number of benzene rings is 1. The number of nitrogens with two attached hydrogens (primary N) is 1. The Morgan fingerprint density at radius 3 is 2.65 bits per heavy atom. The minimum absolute atomic E-state index is 0.492. The van der Waals surface area contributed by atoms with E-state index in [1.54, 1.807) is 6.07 Å². The van der Waals surface area contributed by atoms with Crippen LogP contribution >= 0.6 is 0 Å². The van der Waals surface area contributed by atoms with Gasteiger partial charge in [-0.1, -0.05) is 36.4 Å². The number of hydrogen-bond donors (Lipinski definition) is 2. The van der Waals surface area contributed by atoms with Crippen molar-refractivity contribution >= 4 is 11.6 Å². The van der Waals surface area contributed by atoms with Crippen molar-refractivity contribution in [2.24, 2.45) is 0 Å². The number of nitrogens with zero attached hydrogens (tertiary/aromatic N) is 1. The number of hydrogen-bond acceptors (Lipinski definition) is 3. The molecule has 3 N–H and O–H groups in total. The lowest BCUT2D eigenvalue weighted by Crippen LogP contribution is -2.06. The molecule has 1 saturated carbocycles. The summed E-state index contributed by atoms with van der Waals surface area (Å²) in [4.78, 5) is 4.25. The van der Waals surface area contributed by atoms with Crippen LogP contribution in [0.3, 0.4) is 0 Å². The van der Waals surface area contributed by atoms with E-state index >= 15 is 0 Å². The molecule has 3 heteroatoms. The van der Waals surface area contributed by atoms with Crippen LogP contribution in [0.1, 0.15) is 17.9 Å². The molecular formula is C14H15N3. The van der Waals surface area contributed by atoms with Crippen LogP contribution in [0.2, 0.25) is 0 Å². The maximum Gasteiger partial charge on any atom is 0.128 e. The molecule has 0 radical (unpaired) electrons. The first kappa shape index (κ1) is 10.1. The van der Waals surface area contributed by atoms with Gasteiger partial charge in [-0.3, -0.25) is 0 Å². The van der Waals surface area contributed by atoms with Gasteiger partial charge in [0, 0.05) is 12.0 Å². The second-order valence-corrected chi connectivity index (χ2v) is 4.45. The highest BCUT2D eigenvalue weighted by Crippen LogP contribution is 2.42. The molecule has 0 aliphatic heterocycles. The van der Waals surface area contributed by atoms with Crippen LogP contribution in [0.25, 0.3) is 0 Å². The molecular weight excluding hydrogens is 210 g/mol. The Morgan fingerprint density at radius 1 is 1.06 bits per heavy atom. The van der Waals surface area contributed by atoms with Gasteiger partial charge in [0.1, 0.15) is 11.6 Å². The van der Waals surface area contributed by atoms with E-state index in [1.807, 2.05) is 18.2 Å². The van der Waals surface area contributed by atoms with Gasteiger partial charge in [0.05, 0.1) is 0 Å². The maximum absolute atomic E-state index is 5.65. The van der Waals surface area contributed by atoms with Crippen molar-refractivity contribution in [2.45, 2.75) is 18.4 Å². The fourth-order valence-corrected chi connectivity index (χ4v) is 2.14. The third-order valence-corrected chi connectivity index (χ3v) is 3.12. The molecule has 2 aromatic rings. The Labute approximate surface area is 101 Å². The molecule has 0 saturated heterocycles. The number of rotatable bonds is 3. The summed E-state index contributed by atoms with van der Waals surface area (Å²) in [5.41, 5.74) is 7.05. The standard InChI is InChI=1S/C14H15N3/c15-13-7-4-8-14(17-13)16-12-9-11(12)10-5-2-1-3-6-10/h1-8,11-12H,9H2,(H3,15,16,17). The molecule has 1 aliphatic rings. The van der Waals surface area contributed by atoms with E-state index in [4.69, 9.17) is 5.73 Å². The minimum Gasteiger partial charge on any atom is -0.384 e. The second kappa shape index (κ2) is 4.09. The summed E-state index contributed by atoms with van der Waals surface area (Å²) in [5.74, 6) is 2.04. The van der Waals surface area contributed by atoms with Crippen LogP contribution in [-0.2, 0) is 0 Å². The van der Waals surface area contributed by atoms with Crippen LogP contribution in [-0.4, -0.2) is 11.0 Å². The van der Waals surface area contributed by atoms with Gasteiger partial charge in [0.15, 0.2) is 0 Å². The van der Waals surface area contributed by atoms with Crippen LogP contribution in [0.4, 0.5) is 11.6 Å². The van der Waals surface area contributed by atoms with E-state index in [2.05, 4.69) is 34.6 Å². The van der Waals surface area contributed by atoms with Crippen LogP contribution in [0.5, 0.6) is 0 Å². The van der Waals surface area contributed by atoms with Crippen molar-refractivity contribution in [3.8, 4) is 0 Å². The van der Waals surface area contributed by atoms with E-state index in [1.165, 1.54) is 12.0 Å². The molecule has 0 amide bonds. The van der Waals surface area contributed by atoms with Crippen molar-refractivity contribution in [2.75, 3.05) is 11.1 Å². The largest absolute Gasteiger partial charge is 0.384 e. The molecule has 1 heterocycles. The molecule has 2 unspecified atom stereocenters. The molecule has 0 bridgehead atoms. The van der Waals surface area contributed by atoms with Crippen molar-refractivity contribution in [3.63, 3.8) is 0 Å². The summed E-state index contributed by atoms with van der Waals surface area (Å²) >= 11 is 0. The monoisotopic (exact) mass is 225 g/mol. The van der Waals surface area contributed by atoms with Gasteiger partial charge < -0.3 is 11.1 Å². The maximum atomic E-state index is 5.65. The van der Waals surface area contributed by atoms with Crippen molar-refractivity contribution < 1.29 is 0 Å². The van der Waals surface area contributed by atoms with Crippen LogP contribution in [0, 0.1) is 0 Å². The van der Waals surface area contributed by atoms with E-state index in [-0.39, 0.29) is 0 Å². The quantitative estimate of drug-likeness (QED) is 0.844. The molecule has 0 spiro atoms. The van der Waals surface area contributed by atoms with Gasteiger partial charge in [-0.05, 0) is 24.1 Å². The SMILES string of the molecule is Nc1cccc(NC2CC2c2ccccc2)n1. The molecule has 3 rings (SSSR count). The van der Waals surface area contributed by atoms with Gasteiger partial charge >= 0.3 is 0 Å². The first-order valence-electron chi connectivity index (χ1n) is 5.87. The lowest BCUT2D eigenvalue weighted by molar-refractivity contribution is 1.03. The number of nitrogen functional groups attached to an aromatic ring is 1. The van der Waals surface area contributed by atoms with Gasteiger partial charge in [-0.2, -0.15) is 0 Å². The molecule has 86 valence electrons. The first-order chi connectivity index (χ1) is 8.33. The topological polar surface area (TPSA) is 50.9 Å². The summed E-state index contributed by atoms with van der Waals surface area (Å²) in [6, 6.07) is 16.7. The zero-order valence-electron chi connectivity index (χ0n) is 9.51. The Bertz CT molecular complexity index is 510. The normalized spacial score (nSPS) is 22.1. The fourth-order valence-electron chi connectivity index (χ4n) is 2.14. The van der Waals surface area contributed by atoms with Crippen LogP contribution < -0.4 is 11.1 Å². The third kappa shape index (κ3) is 2.23. The lowest BCUT2D eigenvalue weighted by atomic mass is 10.1. The zero-order valence-corrected chi connectivity index (χ0v) is 9.51. The average Bonchev–Trinajstić information content (AvgIpc) is 3.10. The predicted molar refractivity (Wildman–Crippen MR) is 69.9 cm³/mol. The summed E-state index contributed by atoms with van der Waals surface area (Å²) in [6.45, 7) is 0. The van der Waals surface area contributed by atoms with Gasteiger partial charge in [0.2, 0.25) is 0 Å². The summed E-state index contributed by atoms with van der Waals surface area (Å²) in [6.07, 6.45) is 1.17. The second-order valence-electron chi connectivity index (χ2n) is 4.45. The van der Waals surface area contributed by atoms with E-state index in [9.17, 15) is 0 Å². The highest BCUT2D eigenvalue weighted by molar-refractivity contribution is 5.46. The average molecular weight is 225 g/mol. The summed E-state index contributed by atoms with van der Waals surface area (Å²) in [7, 11) is 0. The van der Waals surface area contributed by atoms with Gasteiger partial charge in [-0.15, -0.1) is 0 Å². The molecule has 17 heavy (non-hydrogen) atoms. The van der Waals surface area contributed by atoms with Crippen LogP contribution in [0.15, 0.2) is 48.5 Å². The molecule has 1 aromatic carbocycles. The molecule has 1 fully saturated rings. The molecule has 3 nitrogen and oxygen atoms in total. The van der Waals surface area contributed by atoms with Gasteiger partial charge in [-0.25, -0.2) is 4.98 Å². The zero-order chi connectivity index (χ0) is 11.7. The minimum atomic E-state index is 0.492. The number of aromatic nitrogens is 1. The fraction of sp³-hybridized carbons (Fsp3) is 0.214. The first-order valence-corrected chi connectivity index (χ1v) is 5.87. The Hall–Kier alpha value is -2.03. The summed E-state index contributed by atoms with van der Waals surface area (Å²) in [5, 5.41) is 3.41. The van der Waals surface area contributed by atoms with E-state index in [0.717, 1.165) is 5.82 Å².